The Morgan fingerprint density at radius 2 is 0.603 bits per heavy atom. The Bertz CT molecular complexity index is 1450. The molecular formula is C62H100O6. The van der Waals surface area contributed by atoms with Gasteiger partial charge in [-0.15, -0.1) is 0 Å². The van der Waals surface area contributed by atoms with Gasteiger partial charge in [0.15, 0.2) is 6.10 Å². The van der Waals surface area contributed by atoms with Gasteiger partial charge >= 0.3 is 17.9 Å². The van der Waals surface area contributed by atoms with Crippen molar-refractivity contribution in [3.8, 4) is 0 Å². The minimum atomic E-state index is -0.824. The maximum Gasteiger partial charge on any atom is 0.306 e. The van der Waals surface area contributed by atoms with Crippen LogP contribution >= 0.6 is 0 Å². The first-order valence-electron chi connectivity index (χ1n) is 27.5. The molecule has 0 aliphatic heterocycles. The van der Waals surface area contributed by atoms with Crippen molar-refractivity contribution in [2.24, 2.45) is 0 Å². The number of carbonyl (C=O) groups is 3. The summed E-state index contributed by atoms with van der Waals surface area (Å²) < 4.78 is 16.7. The first-order chi connectivity index (χ1) is 33.5. The summed E-state index contributed by atoms with van der Waals surface area (Å²) in [5.41, 5.74) is 0. The molecule has 0 amide bonds. The second kappa shape index (κ2) is 55.4. The number of esters is 3. The van der Waals surface area contributed by atoms with Crippen molar-refractivity contribution in [2.75, 3.05) is 13.2 Å². The lowest BCUT2D eigenvalue weighted by atomic mass is 10.1. The van der Waals surface area contributed by atoms with E-state index < -0.39 is 6.10 Å². The second-order valence-electron chi connectivity index (χ2n) is 17.7. The lowest BCUT2D eigenvalue weighted by Crippen LogP contribution is -2.30. The van der Waals surface area contributed by atoms with Gasteiger partial charge in [-0.3, -0.25) is 14.4 Å². The zero-order chi connectivity index (χ0) is 49.3. The topological polar surface area (TPSA) is 78.9 Å². The number of unbranched alkanes of at least 4 members (excludes halogenated alkanes) is 17. The molecule has 0 rings (SSSR count). The Morgan fingerprint density at radius 1 is 0.309 bits per heavy atom. The molecule has 1 atom stereocenters. The van der Waals surface area contributed by atoms with Crippen LogP contribution in [0, 0.1) is 0 Å². The van der Waals surface area contributed by atoms with Crippen LogP contribution in [-0.2, 0) is 28.6 Å². The van der Waals surface area contributed by atoms with Gasteiger partial charge in [0.05, 0.1) is 0 Å². The van der Waals surface area contributed by atoms with E-state index in [-0.39, 0.29) is 37.5 Å². The van der Waals surface area contributed by atoms with Crippen LogP contribution in [-0.4, -0.2) is 37.2 Å². The van der Waals surface area contributed by atoms with E-state index in [1.807, 2.05) is 12.2 Å². The molecule has 0 aromatic heterocycles. The van der Waals surface area contributed by atoms with Gasteiger partial charge < -0.3 is 14.2 Å². The van der Waals surface area contributed by atoms with Gasteiger partial charge in [-0.05, 0) is 116 Å². The van der Waals surface area contributed by atoms with Gasteiger partial charge in [-0.25, -0.2) is 0 Å². The minimum Gasteiger partial charge on any atom is -0.462 e. The summed E-state index contributed by atoms with van der Waals surface area (Å²) >= 11 is 0. The molecule has 0 radical (unpaired) electrons. The van der Waals surface area contributed by atoms with Gasteiger partial charge in [0.25, 0.3) is 0 Å². The molecule has 0 aromatic rings. The number of hydrogen-bond donors (Lipinski definition) is 0. The fourth-order valence-electron chi connectivity index (χ4n) is 7.12. The molecule has 0 fully saturated rings. The molecule has 0 saturated carbocycles. The highest BCUT2D eigenvalue weighted by atomic mass is 16.6. The minimum absolute atomic E-state index is 0.117. The number of carbonyl (C=O) groups excluding carboxylic acids is 3. The summed E-state index contributed by atoms with van der Waals surface area (Å²) in [5, 5.41) is 0. The molecule has 0 aliphatic rings. The van der Waals surface area contributed by atoms with E-state index in [0.717, 1.165) is 128 Å². The van der Waals surface area contributed by atoms with E-state index in [1.54, 1.807) is 0 Å². The second-order valence-corrected chi connectivity index (χ2v) is 17.7. The monoisotopic (exact) mass is 941 g/mol. The van der Waals surface area contributed by atoms with E-state index in [9.17, 15) is 14.4 Å². The van der Waals surface area contributed by atoms with Crippen molar-refractivity contribution < 1.29 is 28.6 Å². The van der Waals surface area contributed by atoms with Gasteiger partial charge in [-0.1, -0.05) is 219 Å². The Hall–Kier alpha value is -4.19. The Labute approximate surface area is 418 Å². The van der Waals surface area contributed by atoms with Crippen LogP contribution in [0.2, 0.25) is 0 Å². The summed E-state index contributed by atoms with van der Waals surface area (Å²) in [6.45, 7) is 6.32. The third-order valence-corrected chi connectivity index (χ3v) is 11.2. The molecule has 0 N–H and O–H groups in total. The fraction of sp³-hybridized carbons (Fsp3) is 0.629. The van der Waals surface area contributed by atoms with Crippen molar-refractivity contribution in [2.45, 2.75) is 239 Å². The molecule has 0 aromatic carbocycles. The van der Waals surface area contributed by atoms with Crippen LogP contribution in [0.15, 0.2) is 122 Å². The summed E-state index contributed by atoms with van der Waals surface area (Å²) in [4.78, 5) is 38.1. The van der Waals surface area contributed by atoms with Crippen molar-refractivity contribution in [3.63, 3.8) is 0 Å². The standard InChI is InChI=1S/C62H100O6/c1-4-7-10-13-16-19-22-25-28-30-31-32-35-37-40-43-46-49-52-55-61(64)67-58-59(57-66-60(63)54-51-48-45-42-39-36-33-27-24-21-18-15-12-9-6-3)68-62(65)56-53-50-47-44-41-38-34-29-26-23-20-17-14-11-8-5-2/h7,9-10,12,16,18-19,21,25,27-29,31-34,37,40,46,49,59H,4-6,8,11,13-15,17,20,22-24,26,30,35-36,38-39,41-45,47-48,50-58H2,1-3H3/b10-7-,12-9-,19-16-,21-18-,28-25-,32-31-,33-27-,34-29-,40-37-,49-46-/t59-/m1/s1. The maximum absolute atomic E-state index is 12.8. The van der Waals surface area contributed by atoms with E-state index >= 15 is 0 Å². The number of allylic oxidation sites excluding steroid dienone is 20. The highest BCUT2D eigenvalue weighted by Crippen LogP contribution is 2.13. The highest BCUT2D eigenvalue weighted by molar-refractivity contribution is 5.71. The third-order valence-electron chi connectivity index (χ3n) is 11.2. The lowest BCUT2D eigenvalue weighted by Gasteiger charge is -2.18. The molecule has 384 valence electrons. The number of ether oxygens (including phenoxy) is 3. The maximum atomic E-state index is 12.8. The van der Waals surface area contributed by atoms with Gasteiger partial charge in [0, 0.05) is 19.3 Å². The Kier molecular flexibility index (Phi) is 52.0. The summed E-state index contributed by atoms with van der Waals surface area (Å²) in [6, 6.07) is 0. The number of rotatable bonds is 48. The quantitative estimate of drug-likeness (QED) is 0.0262. The Morgan fingerprint density at radius 3 is 1.00 bits per heavy atom. The van der Waals surface area contributed by atoms with Crippen LogP contribution < -0.4 is 0 Å². The van der Waals surface area contributed by atoms with Crippen molar-refractivity contribution >= 4 is 17.9 Å². The molecule has 0 heterocycles. The summed E-state index contributed by atoms with van der Waals surface area (Å²) in [6.07, 6.45) is 76.2. The van der Waals surface area contributed by atoms with Gasteiger partial charge in [-0.2, -0.15) is 0 Å². The predicted octanol–water partition coefficient (Wildman–Crippen LogP) is 18.5. The SMILES string of the molecule is CC/C=C\C/C=C\C/C=C\C/C=C\C/C=C\C/C=C\CCC(=O)OC[C@@H](COC(=O)CCCCCCC/C=C\C/C=C\C/C=C\CC)OC(=O)CCCCCCC/C=C\CCCCCCCCC. The lowest BCUT2D eigenvalue weighted by molar-refractivity contribution is -0.166. The molecule has 6 nitrogen and oxygen atoms in total. The van der Waals surface area contributed by atoms with Crippen LogP contribution in [0.1, 0.15) is 233 Å². The van der Waals surface area contributed by atoms with E-state index in [4.69, 9.17) is 14.2 Å². The first kappa shape index (κ1) is 63.8. The summed E-state index contributed by atoms with van der Waals surface area (Å²) in [7, 11) is 0. The van der Waals surface area contributed by atoms with E-state index in [0.29, 0.717) is 19.3 Å². The van der Waals surface area contributed by atoms with Crippen molar-refractivity contribution in [1.82, 2.24) is 0 Å². The molecule has 0 spiro atoms. The summed E-state index contributed by atoms with van der Waals surface area (Å²) in [5.74, 6) is -1.03. The predicted molar refractivity (Wildman–Crippen MR) is 293 cm³/mol. The van der Waals surface area contributed by atoms with Crippen LogP contribution in [0.3, 0.4) is 0 Å². The zero-order valence-corrected chi connectivity index (χ0v) is 43.8. The average molecular weight is 941 g/mol. The van der Waals surface area contributed by atoms with Crippen LogP contribution in [0.25, 0.3) is 0 Å². The molecule has 0 aliphatic carbocycles. The number of hydrogen-bond acceptors (Lipinski definition) is 6. The van der Waals surface area contributed by atoms with Crippen LogP contribution in [0.4, 0.5) is 0 Å². The highest BCUT2D eigenvalue weighted by Gasteiger charge is 2.19. The van der Waals surface area contributed by atoms with E-state index in [1.165, 1.54) is 57.8 Å². The fourth-order valence-corrected chi connectivity index (χ4v) is 7.12. The third kappa shape index (κ3) is 52.8. The normalized spacial score (nSPS) is 13.0. The molecule has 6 heteroatoms. The Balaban J connectivity index is 4.55. The first-order valence-corrected chi connectivity index (χ1v) is 27.5. The zero-order valence-electron chi connectivity index (χ0n) is 43.8. The van der Waals surface area contributed by atoms with Gasteiger partial charge in [0.1, 0.15) is 13.2 Å². The molecule has 0 saturated heterocycles. The molecule has 0 unspecified atom stereocenters. The molecule has 68 heavy (non-hydrogen) atoms. The molecular weight excluding hydrogens is 841 g/mol. The smallest absolute Gasteiger partial charge is 0.306 e. The molecule has 0 bridgehead atoms. The largest absolute Gasteiger partial charge is 0.462 e. The van der Waals surface area contributed by atoms with Crippen molar-refractivity contribution in [1.29, 1.82) is 0 Å². The average Bonchev–Trinajstić information content (AvgIpc) is 3.34. The van der Waals surface area contributed by atoms with Crippen LogP contribution in [0.5, 0.6) is 0 Å². The van der Waals surface area contributed by atoms with Crippen molar-refractivity contribution in [3.05, 3.63) is 122 Å². The van der Waals surface area contributed by atoms with E-state index in [2.05, 4.69) is 130 Å². The van der Waals surface area contributed by atoms with Gasteiger partial charge in [0.2, 0.25) is 0 Å².